The van der Waals surface area contributed by atoms with Gasteiger partial charge in [-0.25, -0.2) is 0 Å². The maximum Gasteiger partial charge on any atom is 0.233 e. The number of piperidine rings is 1. The summed E-state index contributed by atoms with van der Waals surface area (Å²) in [6.07, 6.45) is 2.44. The van der Waals surface area contributed by atoms with Crippen molar-refractivity contribution in [2.75, 3.05) is 0 Å². The molecule has 0 spiro atoms. The smallest absolute Gasteiger partial charge is 0.233 e. The van der Waals surface area contributed by atoms with E-state index < -0.39 is 0 Å². The van der Waals surface area contributed by atoms with Gasteiger partial charge in [0.25, 0.3) is 0 Å². The van der Waals surface area contributed by atoms with Crippen LogP contribution in [0, 0.1) is 23.2 Å². The van der Waals surface area contributed by atoms with Crippen LogP contribution in [0.1, 0.15) is 81.6 Å². The molecule has 4 nitrogen and oxygen atoms in total. The van der Waals surface area contributed by atoms with Crippen molar-refractivity contribution in [3.05, 3.63) is 0 Å². The molecular formula is C21H38N2O2. The third kappa shape index (κ3) is 4.27. The summed E-state index contributed by atoms with van der Waals surface area (Å²) >= 11 is 0. The summed E-state index contributed by atoms with van der Waals surface area (Å²) in [5, 5.41) is 3.64. The monoisotopic (exact) mass is 350 g/mol. The van der Waals surface area contributed by atoms with Gasteiger partial charge in [0.15, 0.2) is 0 Å². The summed E-state index contributed by atoms with van der Waals surface area (Å²) < 4.78 is 0. The van der Waals surface area contributed by atoms with E-state index in [0.29, 0.717) is 5.92 Å². The predicted octanol–water partition coefficient (Wildman–Crippen LogP) is 3.99. The molecule has 3 atom stereocenters. The number of carbonyl (C=O) groups excluding carboxylic acids is 2. The van der Waals surface area contributed by atoms with Gasteiger partial charge >= 0.3 is 0 Å². The van der Waals surface area contributed by atoms with Crippen molar-refractivity contribution in [1.29, 1.82) is 0 Å². The lowest BCUT2D eigenvalue weighted by atomic mass is 9.75. The number of hydrogen-bond donors (Lipinski definition) is 1. The summed E-state index contributed by atoms with van der Waals surface area (Å²) in [5.41, 5.74) is -0.00475. The fourth-order valence-corrected chi connectivity index (χ4v) is 4.74. The fraction of sp³-hybridized carbons (Fsp3) is 0.905. The first-order valence-electron chi connectivity index (χ1n) is 9.81. The van der Waals surface area contributed by atoms with Gasteiger partial charge in [0.05, 0.1) is 5.92 Å². The first kappa shape index (κ1) is 20.4. The van der Waals surface area contributed by atoms with E-state index in [2.05, 4.69) is 60.7 Å². The second-order valence-electron chi connectivity index (χ2n) is 10.9. The van der Waals surface area contributed by atoms with Crippen LogP contribution in [-0.4, -0.2) is 33.8 Å². The highest BCUT2D eigenvalue weighted by atomic mass is 16.2. The number of nitrogens with one attached hydrogen (secondary N) is 1. The summed E-state index contributed by atoms with van der Waals surface area (Å²) in [6.45, 7) is 19.4. The van der Waals surface area contributed by atoms with Crippen LogP contribution < -0.4 is 5.32 Å². The predicted molar refractivity (Wildman–Crippen MR) is 102 cm³/mol. The molecular weight excluding hydrogens is 312 g/mol. The highest BCUT2D eigenvalue weighted by Crippen LogP contribution is 2.41. The summed E-state index contributed by atoms with van der Waals surface area (Å²) in [5.74, 6) is 0.139. The summed E-state index contributed by atoms with van der Waals surface area (Å²) in [4.78, 5) is 27.8. The Labute approximate surface area is 154 Å². The van der Waals surface area contributed by atoms with Gasteiger partial charge in [-0.15, -0.1) is 0 Å². The minimum Gasteiger partial charge on any atom is -0.307 e. The van der Waals surface area contributed by atoms with Crippen LogP contribution in [-0.2, 0) is 9.59 Å². The molecule has 4 heteroatoms. The van der Waals surface area contributed by atoms with Crippen LogP contribution >= 0.6 is 0 Å². The lowest BCUT2D eigenvalue weighted by Gasteiger charge is -2.48. The standard InChI is InChI=1S/C21H38N2O2/c1-13(19(3,4)5)10-16-14(2)17(24)23(18(16)25)15-11-20(6,7)22-21(8,9)12-15/h13-16,22H,10-12H2,1-9H3. The molecule has 2 fully saturated rings. The average molecular weight is 351 g/mol. The number of likely N-dealkylation sites (tertiary alicyclic amines) is 1. The van der Waals surface area contributed by atoms with Gasteiger partial charge in [-0.3, -0.25) is 14.5 Å². The Bertz CT molecular complexity index is 529. The van der Waals surface area contributed by atoms with Gasteiger partial charge < -0.3 is 5.32 Å². The van der Waals surface area contributed by atoms with Crippen molar-refractivity contribution in [3.63, 3.8) is 0 Å². The minimum atomic E-state index is -0.196. The van der Waals surface area contributed by atoms with Crippen LogP contribution in [0.4, 0.5) is 0 Å². The molecule has 2 saturated heterocycles. The second-order valence-corrected chi connectivity index (χ2v) is 10.9. The summed E-state index contributed by atoms with van der Waals surface area (Å²) in [6, 6.07) is 0.00337. The normalized spacial score (nSPS) is 31.5. The highest BCUT2D eigenvalue weighted by Gasteiger charge is 2.51. The zero-order chi connectivity index (χ0) is 19.4. The van der Waals surface area contributed by atoms with Crippen molar-refractivity contribution in [2.45, 2.75) is 98.7 Å². The number of hydrogen-bond acceptors (Lipinski definition) is 3. The fourth-order valence-electron chi connectivity index (χ4n) is 4.74. The third-order valence-electron chi connectivity index (χ3n) is 6.40. The number of nitrogens with zero attached hydrogens (tertiary/aromatic N) is 1. The van der Waals surface area contributed by atoms with E-state index in [1.54, 1.807) is 4.90 Å². The number of carbonyl (C=O) groups is 2. The Kier molecular flexibility index (Phi) is 5.20. The molecule has 3 unspecified atom stereocenters. The third-order valence-corrected chi connectivity index (χ3v) is 6.40. The molecule has 0 aromatic carbocycles. The van der Waals surface area contributed by atoms with Gasteiger partial charge in [0.1, 0.15) is 0 Å². The molecule has 2 aliphatic heterocycles. The van der Waals surface area contributed by atoms with Crippen LogP contribution in [0.2, 0.25) is 0 Å². The van der Waals surface area contributed by atoms with Gasteiger partial charge in [-0.1, -0.05) is 34.6 Å². The van der Waals surface area contributed by atoms with Crippen LogP contribution in [0.15, 0.2) is 0 Å². The highest BCUT2D eigenvalue weighted by molar-refractivity contribution is 6.05. The van der Waals surface area contributed by atoms with Crippen molar-refractivity contribution < 1.29 is 9.59 Å². The molecule has 0 bridgehead atoms. The zero-order valence-electron chi connectivity index (χ0n) is 17.7. The van der Waals surface area contributed by atoms with E-state index >= 15 is 0 Å². The van der Waals surface area contributed by atoms with E-state index in [4.69, 9.17) is 0 Å². The maximum absolute atomic E-state index is 13.2. The molecule has 2 heterocycles. The quantitative estimate of drug-likeness (QED) is 0.783. The van der Waals surface area contributed by atoms with E-state index in [1.165, 1.54) is 0 Å². The molecule has 144 valence electrons. The lowest BCUT2D eigenvalue weighted by Crippen LogP contribution is -2.63. The van der Waals surface area contributed by atoms with Crippen LogP contribution in [0.25, 0.3) is 0 Å². The van der Waals surface area contributed by atoms with E-state index in [9.17, 15) is 9.59 Å². The maximum atomic E-state index is 13.2. The van der Waals surface area contributed by atoms with Gasteiger partial charge in [0, 0.05) is 23.0 Å². The molecule has 2 aliphatic rings. The Hall–Kier alpha value is -0.900. The molecule has 2 amide bonds. The van der Waals surface area contributed by atoms with E-state index in [1.807, 2.05) is 6.92 Å². The molecule has 0 radical (unpaired) electrons. The number of rotatable bonds is 3. The first-order valence-corrected chi connectivity index (χ1v) is 9.81. The zero-order valence-corrected chi connectivity index (χ0v) is 17.7. The van der Waals surface area contributed by atoms with Crippen molar-refractivity contribution in [3.8, 4) is 0 Å². The Balaban J connectivity index is 2.22. The molecule has 25 heavy (non-hydrogen) atoms. The molecule has 1 N–H and O–H groups in total. The lowest BCUT2D eigenvalue weighted by molar-refractivity contribution is -0.144. The SMILES string of the molecule is CC1C(=O)N(C2CC(C)(C)NC(C)(C)C2)C(=O)C1CC(C)C(C)(C)C. The first-order chi connectivity index (χ1) is 11.1. The van der Waals surface area contributed by atoms with Crippen molar-refractivity contribution >= 4 is 11.8 Å². The Morgan fingerprint density at radius 3 is 2.00 bits per heavy atom. The topological polar surface area (TPSA) is 49.4 Å². The van der Waals surface area contributed by atoms with Gasteiger partial charge in [-0.05, 0) is 58.3 Å². The van der Waals surface area contributed by atoms with Gasteiger partial charge in [0.2, 0.25) is 11.8 Å². The van der Waals surface area contributed by atoms with Gasteiger partial charge in [-0.2, -0.15) is 0 Å². The largest absolute Gasteiger partial charge is 0.307 e. The van der Waals surface area contributed by atoms with E-state index in [0.717, 1.165) is 19.3 Å². The number of imide groups is 1. The molecule has 0 saturated carbocycles. The molecule has 0 aromatic heterocycles. The average Bonchev–Trinajstić information content (AvgIpc) is 2.58. The second kappa shape index (κ2) is 6.37. The van der Waals surface area contributed by atoms with Crippen molar-refractivity contribution in [2.24, 2.45) is 23.2 Å². The molecule has 0 aromatic rings. The van der Waals surface area contributed by atoms with Crippen LogP contribution in [0.3, 0.4) is 0 Å². The van der Waals surface area contributed by atoms with Crippen molar-refractivity contribution in [1.82, 2.24) is 10.2 Å². The number of amides is 2. The minimum absolute atomic E-state index is 0.00337. The molecule has 0 aliphatic carbocycles. The van der Waals surface area contributed by atoms with Crippen LogP contribution in [0.5, 0.6) is 0 Å². The Morgan fingerprint density at radius 1 is 1.08 bits per heavy atom. The van der Waals surface area contributed by atoms with E-state index in [-0.39, 0.29) is 46.2 Å². The summed E-state index contributed by atoms with van der Waals surface area (Å²) in [7, 11) is 0. The molecule has 2 rings (SSSR count). The Morgan fingerprint density at radius 2 is 1.56 bits per heavy atom.